The standard InChI is InChI=1S/C9H9N5OS2/c1-15-7-6(4-10-8-13-11-5-17-8)14-2-3-16-9(14)12-7/h2-3,5H,4H2,1H3,(H,10,13). The van der Waals surface area contributed by atoms with Crippen LogP contribution in [-0.2, 0) is 6.54 Å². The maximum atomic E-state index is 5.26. The van der Waals surface area contributed by atoms with Gasteiger partial charge in [0.25, 0.3) is 0 Å². The van der Waals surface area contributed by atoms with Gasteiger partial charge in [-0.15, -0.1) is 21.5 Å². The number of methoxy groups -OCH3 is 1. The lowest BCUT2D eigenvalue weighted by atomic mass is 10.4. The van der Waals surface area contributed by atoms with Crippen LogP contribution in [0.4, 0.5) is 5.13 Å². The minimum Gasteiger partial charge on any atom is -0.480 e. The number of aromatic nitrogens is 4. The van der Waals surface area contributed by atoms with Crippen molar-refractivity contribution in [2.75, 3.05) is 12.4 Å². The molecular formula is C9H9N5OS2. The third-order valence-electron chi connectivity index (χ3n) is 2.28. The van der Waals surface area contributed by atoms with Gasteiger partial charge in [-0.2, -0.15) is 4.98 Å². The van der Waals surface area contributed by atoms with Gasteiger partial charge < -0.3 is 10.1 Å². The summed E-state index contributed by atoms with van der Waals surface area (Å²) in [4.78, 5) is 5.30. The Balaban J connectivity index is 1.89. The van der Waals surface area contributed by atoms with Gasteiger partial charge in [0, 0.05) is 11.6 Å². The molecule has 0 atom stereocenters. The van der Waals surface area contributed by atoms with Crippen molar-refractivity contribution < 1.29 is 4.74 Å². The molecule has 0 aromatic carbocycles. The Labute approximate surface area is 105 Å². The van der Waals surface area contributed by atoms with Crippen LogP contribution in [-0.4, -0.2) is 26.7 Å². The summed E-state index contributed by atoms with van der Waals surface area (Å²) in [7, 11) is 1.63. The monoisotopic (exact) mass is 267 g/mol. The number of anilines is 1. The number of thiazole rings is 1. The normalized spacial score (nSPS) is 10.9. The topological polar surface area (TPSA) is 64.3 Å². The minimum atomic E-state index is 0.607. The molecule has 88 valence electrons. The molecule has 8 heteroatoms. The van der Waals surface area contributed by atoms with Gasteiger partial charge in [0.15, 0.2) is 4.96 Å². The van der Waals surface area contributed by atoms with E-state index in [-0.39, 0.29) is 0 Å². The largest absolute Gasteiger partial charge is 0.480 e. The molecule has 17 heavy (non-hydrogen) atoms. The summed E-state index contributed by atoms with van der Waals surface area (Å²) >= 11 is 3.04. The maximum Gasteiger partial charge on any atom is 0.238 e. The molecule has 3 heterocycles. The van der Waals surface area contributed by atoms with Crippen LogP contribution in [0.2, 0.25) is 0 Å². The van der Waals surface area contributed by atoms with E-state index in [0.29, 0.717) is 12.4 Å². The van der Waals surface area contributed by atoms with Gasteiger partial charge >= 0.3 is 0 Å². The number of imidazole rings is 1. The predicted octanol–water partition coefficient (Wildman–Crippen LogP) is 1.87. The van der Waals surface area contributed by atoms with Crippen molar-refractivity contribution in [2.45, 2.75) is 6.54 Å². The number of ether oxygens (including phenoxy) is 1. The van der Waals surface area contributed by atoms with Crippen molar-refractivity contribution in [3.8, 4) is 5.88 Å². The van der Waals surface area contributed by atoms with E-state index in [1.165, 1.54) is 11.3 Å². The first kappa shape index (κ1) is 10.5. The zero-order chi connectivity index (χ0) is 11.7. The van der Waals surface area contributed by atoms with Crippen LogP contribution >= 0.6 is 22.7 Å². The molecule has 3 aromatic heterocycles. The van der Waals surface area contributed by atoms with Crippen LogP contribution in [0, 0.1) is 0 Å². The van der Waals surface area contributed by atoms with Gasteiger partial charge in [-0.05, 0) is 0 Å². The number of nitrogens with zero attached hydrogens (tertiary/aromatic N) is 4. The summed E-state index contributed by atoms with van der Waals surface area (Å²) in [6.45, 7) is 0.607. The van der Waals surface area contributed by atoms with Crippen molar-refractivity contribution >= 4 is 32.8 Å². The lowest BCUT2D eigenvalue weighted by molar-refractivity contribution is 0.395. The molecule has 0 aliphatic carbocycles. The van der Waals surface area contributed by atoms with E-state index >= 15 is 0 Å². The molecule has 0 amide bonds. The average molecular weight is 267 g/mol. The summed E-state index contributed by atoms with van der Waals surface area (Å²) in [5.74, 6) is 0.647. The molecule has 0 spiro atoms. The van der Waals surface area contributed by atoms with Gasteiger partial charge in [-0.1, -0.05) is 11.3 Å². The van der Waals surface area contributed by atoms with Crippen LogP contribution in [0.5, 0.6) is 5.88 Å². The SMILES string of the molecule is COc1nc2sccn2c1CNc1nncs1. The van der Waals surface area contributed by atoms with Gasteiger partial charge in [0.2, 0.25) is 11.0 Å². The summed E-state index contributed by atoms with van der Waals surface area (Å²) in [5, 5.41) is 13.7. The molecule has 3 aromatic rings. The Hall–Kier alpha value is -1.67. The number of hydrogen-bond donors (Lipinski definition) is 1. The first-order valence-electron chi connectivity index (χ1n) is 4.87. The molecule has 0 aliphatic heterocycles. The second-order valence-corrected chi connectivity index (χ2v) is 4.93. The van der Waals surface area contributed by atoms with E-state index < -0.39 is 0 Å². The van der Waals surface area contributed by atoms with Crippen LogP contribution < -0.4 is 10.1 Å². The van der Waals surface area contributed by atoms with E-state index in [1.54, 1.807) is 24.0 Å². The smallest absolute Gasteiger partial charge is 0.238 e. The van der Waals surface area contributed by atoms with Crippen molar-refractivity contribution in [1.82, 2.24) is 19.6 Å². The van der Waals surface area contributed by atoms with E-state index in [9.17, 15) is 0 Å². The number of hydrogen-bond acceptors (Lipinski definition) is 7. The molecule has 0 saturated carbocycles. The van der Waals surface area contributed by atoms with Crippen LogP contribution in [0.1, 0.15) is 5.69 Å². The molecule has 0 saturated heterocycles. The fourth-order valence-corrected chi connectivity index (χ4v) is 2.71. The van der Waals surface area contributed by atoms with Gasteiger partial charge in [-0.25, -0.2) is 0 Å². The fraction of sp³-hybridized carbons (Fsp3) is 0.222. The molecule has 0 radical (unpaired) electrons. The van der Waals surface area contributed by atoms with E-state index in [1.807, 2.05) is 16.0 Å². The molecule has 6 nitrogen and oxygen atoms in total. The second-order valence-electron chi connectivity index (χ2n) is 3.22. The molecular weight excluding hydrogens is 258 g/mol. The number of fused-ring (bicyclic) bond motifs is 1. The Morgan fingerprint density at radius 3 is 3.18 bits per heavy atom. The highest BCUT2D eigenvalue weighted by Gasteiger charge is 2.13. The fourth-order valence-electron chi connectivity index (χ4n) is 1.55. The quantitative estimate of drug-likeness (QED) is 0.781. The number of nitrogens with one attached hydrogen (secondary N) is 1. The van der Waals surface area contributed by atoms with Gasteiger partial charge in [-0.3, -0.25) is 4.40 Å². The molecule has 1 N–H and O–H groups in total. The highest BCUT2D eigenvalue weighted by molar-refractivity contribution is 7.15. The molecule has 0 unspecified atom stereocenters. The average Bonchev–Trinajstić information content (AvgIpc) is 3.03. The molecule has 3 rings (SSSR count). The Morgan fingerprint density at radius 2 is 2.41 bits per heavy atom. The highest BCUT2D eigenvalue weighted by Crippen LogP contribution is 2.24. The van der Waals surface area contributed by atoms with Gasteiger partial charge in [0.1, 0.15) is 11.2 Å². The summed E-state index contributed by atoms with van der Waals surface area (Å²) < 4.78 is 7.27. The maximum absolute atomic E-state index is 5.26. The van der Waals surface area contributed by atoms with E-state index in [2.05, 4.69) is 20.5 Å². The van der Waals surface area contributed by atoms with E-state index in [4.69, 9.17) is 4.74 Å². The molecule has 0 fully saturated rings. The van der Waals surface area contributed by atoms with Crippen molar-refractivity contribution in [1.29, 1.82) is 0 Å². The van der Waals surface area contributed by atoms with Crippen molar-refractivity contribution in [2.24, 2.45) is 0 Å². The number of rotatable bonds is 4. The van der Waals surface area contributed by atoms with Crippen LogP contribution in [0.3, 0.4) is 0 Å². The first-order valence-corrected chi connectivity index (χ1v) is 6.63. The lowest BCUT2D eigenvalue weighted by Gasteiger charge is -2.03. The van der Waals surface area contributed by atoms with Crippen LogP contribution in [0.15, 0.2) is 17.1 Å². The van der Waals surface area contributed by atoms with E-state index in [0.717, 1.165) is 15.8 Å². The third kappa shape index (κ3) is 1.85. The molecule has 0 aliphatic rings. The zero-order valence-corrected chi connectivity index (χ0v) is 10.6. The Bertz CT molecular complexity index is 614. The summed E-state index contributed by atoms with van der Waals surface area (Å²) in [6, 6.07) is 0. The summed E-state index contributed by atoms with van der Waals surface area (Å²) in [6.07, 6.45) is 1.98. The third-order valence-corrected chi connectivity index (χ3v) is 3.69. The predicted molar refractivity (Wildman–Crippen MR) is 66.9 cm³/mol. The Morgan fingerprint density at radius 1 is 1.47 bits per heavy atom. The Kier molecular flexibility index (Phi) is 2.65. The van der Waals surface area contributed by atoms with Crippen molar-refractivity contribution in [3.05, 3.63) is 22.8 Å². The summed E-state index contributed by atoms with van der Waals surface area (Å²) in [5.41, 5.74) is 2.68. The molecule has 0 bridgehead atoms. The van der Waals surface area contributed by atoms with Gasteiger partial charge in [0.05, 0.1) is 13.7 Å². The lowest BCUT2D eigenvalue weighted by Crippen LogP contribution is -2.03. The zero-order valence-electron chi connectivity index (χ0n) is 8.95. The van der Waals surface area contributed by atoms with Crippen LogP contribution in [0.25, 0.3) is 4.96 Å². The van der Waals surface area contributed by atoms with Crippen molar-refractivity contribution in [3.63, 3.8) is 0 Å². The second kappa shape index (κ2) is 4.30. The highest BCUT2D eigenvalue weighted by atomic mass is 32.1. The first-order chi connectivity index (χ1) is 8.38. The minimum absolute atomic E-state index is 0.607.